The minimum Gasteiger partial charge on any atom is -0.377 e. The van der Waals surface area contributed by atoms with Crippen molar-refractivity contribution < 1.29 is 0 Å². The van der Waals surface area contributed by atoms with Gasteiger partial charge in [-0.1, -0.05) is 28.1 Å². The summed E-state index contributed by atoms with van der Waals surface area (Å²) < 4.78 is 2.97. The highest BCUT2D eigenvalue weighted by Crippen LogP contribution is 2.21. The van der Waals surface area contributed by atoms with Crippen molar-refractivity contribution in [3.63, 3.8) is 0 Å². The highest BCUT2D eigenvalue weighted by molar-refractivity contribution is 14.1. The molecule has 2 rings (SSSR count). The molecule has 1 aromatic carbocycles. The number of benzene rings is 1. The van der Waals surface area contributed by atoms with Gasteiger partial charge in [0.15, 0.2) is 0 Å². The first kappa shape index (κ1) is 13.5. The van der Waals surface area contributed by atoms with Crippen LogP contribution in [0.1, 0.15) is 5.56 Å². The summed E-state index contributed by atoms with van der Waals surface area (Å²) in [6, 6.07) is 8.22. The van der Waals surface area contributed by atoms with E-state index in [1.54, 1.807) is 6.33 Å². The van der Waals surface area contributed by atoms with Crippen LogP contribution in [-0.2, 0) is 6.54 Å². The van der Waals surface area contributed by atoms with Crippen molar-refractivity contribution in [2.24, 2.45) is 0 Å². The van der Waals surface area contributed by atoms with Crippen molar-refractivity contribution in [3.05, 3.63) is 48.0 Å². The van der Waals surface area contributed by atoms with Crippen molar-refractivity contribution in [2.45, 2.75) is 6.54 Å². The van der Waals surface area contributed by atoms with Crippen LogP contribution in [0.5, 0.6) is 0 Å². The monoisotopic (exact) mass is 515 g/mol. The summed E-state index contributed by atoms with van der Waals surface area (Å²) in [5, 5.41) is 3.36. The van der Waals surface area contributed by atoms with E-state index in [2.05, 4.69) is 88.5 Å². The van der Waals surface area contributed by atoms with Crippen LogP contribution >= 0.6 is 61.1 Å². The topological polar surface area (TPSA) is 37.8 Å². The number of rotatable bonds is 3. The maximum atomic E-state index is 4.17. The van der Waals surface area contributed by atoms with Gasteiger partial charge in [0.2, 0.25) is 0 Å². The molecule has 17 heavy (non-hydrogen) atoms. The molecule has 0 unspecified atom stereocenters. The van der Waals surface area contributed by atoms with Gasteiger partial charge in [-0.3, -0.25) is 0 Å². The Bertz CT molecular complexity index is 514. The van der Waals surface area contributed by atoms with Gasteiger partial charge in [-0.2, -0.15) is 0 Å². The first-order valence-electron chi connectivity index (χ1n) is 4.81. The Hall–Kier alpha value is 0.0400. The molecular formula is C11H8BrI2N3. The first-order valence-corrected chi connectivity index (χ1v) is 7.76. The fraction of sp³-hybridized carbons (Fsp3) is 0.0909. The van der Waals surface area contributed by atoms with Crippen molar-refractivity contribution in [1.82, 2.24) is 9.97 Å². The quantitative estimate of drug-likeness (QED) is 0.495. The molecule has 1 N–H and O–H groups in total. The molecule has 0 fully saturated rings. The molecule has 0 atom stereocenters. The van der Waals surface area contributed by atoms with Crippen molar-refractivity contribution in [3.8, 4) is 0 Å². The van der Waals surface area contributed by atoms with Crippen molar-refractivity contribution in [1.29, 1.82) is 0 Å². The van der Waals surface area contributed by atoms with Crippen molar-refractivity contribution in [2.75, 3.05) is 5.32 Å². The van der Waals surface area contributed by atoms with E-state index in [1.165, 1.54) is 5.56 Å². The van der Waals surface area contributed by atoms with Gasteiger partial charge in [0.05, 0.1) is 5.69 Å². The summed E-state index contributed by atoms with van der Waals surface area (Å²) >= 11 is 7.88. The molecule has 0 amide bonds. The van der Waals surface area contributed by atoms with Crippen LogP contribution in [0.25, 0.3) is 0 Å². The van der Waals surface area contributed by atoms with E-state index in [4.69, 9.17) is 0 Å². The smallest absolute Gasteiger partial charge is 0.128 e. The lowest BCUT2D eigenvalue weighted by Gasteiger charge is -2.09. The van der Waals surface area contributed by atoms with Crippen LogP contribution in [0, 0.1) is 7.40 Å². The summed E-state index contributed by atoms with van der Waals surface area (Å²) in [6.45, 7) is 0.763. The number of hydrogen-bond donors (Lipinski definition) is 1. The highest BCUT2D eigenvalue weighted by Gasteiger charge is 2.06. The van der Waals surface area contributed by atoms with E-state index < -0.39 is 0 Å². The zero-order chi connectivity index (χ0) is 12.3. The summed E-state index contributed by atoms with van der Waals surface area (Å²) in [5.74, 6) is 0. The Balaban J connectivity index is 2.13. The Labute approximate surface area is 135 Å². The second kappa shape index (κ2) is 6.28. The lowest BCUT2D eigenvalue weighted by molar-refractivity contribution is 1.06. The van der Waals surface area contributed by atoms with Crippen LogP contribution in [0.4, 0.5) is 5.69 Å². The van der Waals surface area contributed by atoms with Gasteiger partial charge in [0.25, 0.3) is 0 Å². The van der Waals surface area contributed by atoms with E-state index in [-0.39, 0.29) is 0 Å². The Morgan fingerprint density at radius 2 is 1.88 bits per heavy atom. The molecule has 6 heteroatoms. The fourth-order valence-electron chi connectivity index (χ4n) is 1.33. The largest absolute Gasteiger partial charge is 0.377 e. The molecule has 3 nitrogen and oxygen atoms in total. The van der Waals surface area contributed by atoms with Crippen LogP contribution < -0.4 is 5.32 Å². The zero-order valence-corrected chi connectivity index (χ0v) is 14.5. The summed E-state index contributed by atoms with van der Waals surface area (Å²) in [6.07, 6.45) is 1.58. The summed E-state index contributed by atoms with van der Waals surface area (Å²) in [5.41, 5.74) is 2.21. The third-order valence-electron chi connectivity index (χ3n) is 2.11. The number of halogens is 3. The fourth-order valence-corrected chi connectivity index (χ4v) is 3.43. The second-order valence-corrected chi connectivity index (χ2v) is 6.27. The van der Waals surface area contributed by atoms with Crippen LogP contribution in [0.3, 0.4) is 0 Å². The van der Waals surface area contributed by atoms with Gasteiger partial charge in [0, 0.05) is 11.0 Å². The van der Waals surface area contributed by atoms with Crippen LogP contribution in [0.15, 0.2) is 35.1 Å². The minimum atomic E-state index is 0.763. The lowest BCUT2D eigenvalue weighted by Crippen LogP contribution is -2.05. The Morgan fingerprint density at radius 1 is 1.18 bits per heavy atom. The molecule has 2 aromatic rings. The van der Waals surface area contributed by atoms with E-state index in [0.29, 0.717) is 0 Å². The average Bonchev–Trinajstić information content (AvgIpc) is 2.28. The summed E-state index contributed by atoms with van der Waals surface area (Å²) in [7, 11) is 0. The lowest BCUT2D eigenvalue weighted by atomic mass is 10.2. The van der Waals surface area contributed by atoms with E-state index in [0.717, 1.165) is 24.1 Å². The Kier molecular flexibility index (Phi) is 4.97. The van der Waals surface area contributed by atoms with E-state index in [1.807, 2.05) is 12.1 Å². The van der Waals surface area contributed by atoms with Gasteiger partial charge in [0.1, 0.15) is 13.7 Å². The molecule has 0 spiro atoms. The minimum absolute atomic E-state index is 0.763. The predicted molar refractivity (Wildman–Crippen MR) is 88.9 cm³/mol. The number of aromatic nitrogens is 2. The molecule has 1 heterocycles. The van der Waals surface area contributed by atoms with Crippen molar-refractivity contribution >= 4 is 66.8 Å². The van der Waals surface area contributed by atoms with E-state index >= 15 is 0 Å². The first-order chi connectivity index (χ1) is 8.16. The number of nitrogens with one attached hydrogen (secondary N) is 1. The summed E-state index contributed by atoms with van der Waals surface area (Å²) in [4.78, 5) is 8.34. The third-order valence-corrected chi connectivity index (χ3v) is 4.24. The molecule has 0 radical (unpaired) electrons. The number of nitrogens with zero attached hydrogens (tertiary/aromatic N) is 2. The molecule has 0 aliphatic heterocycles. The molecule has 0 aliphatic carbocycles. The maximum Gasteiger partial charge on any atom is 0.128 e. The Morgan fingerprint density at radius 3 is 2.53 bits per heavy atom. The normalized spacial score (nSPS) is 10.3. The maximum absolute atomic E-state index is 4.17. The van der Waals surface area contributed by atoms with Gasteiger partial charge < -0.3 is 5.32 Å². The number of anilines is 1. The molecule has 1 aromatic heterocycles. The number of hydrogen-bond acceptors (Lipinski definition) is 3. The molecular weight excluding hydrogens is 508 g/mol. The molecule has 0 saturated carbocycles. The third kappa shape index (κ3) is 3.75. The molecule has 0 aliphatic rings. The molecule has 0 saturated heterocycles. The van der Waals surface area contributed by atoms with Crippen LogP contribution in [0.2, 0.25) is 0 Å². The second-order valence-electron chi connectivity index (χ2n) is 3.31. The SMILES string of the molecule is Brc1cccc(CNc2c(I)ncnc2I)c1. The van der Waals surface area contributed by atoms with Gasteiger partial charge in [-0.25, -0.2) is 9.97 Å². The average molecular weight is 516 g/mol. The molecule has 0 bridgehead atoms. The van der Waals surface area contributed by atoms with Gasteiger partial charge >= 0.3 is 0 Å². The van der Waals surface area contributed by atoms with Gasteiger partial charge in [-0.15, -0.1) is 0 Å². The zero-order valence-electron chi connectivity index (χ0n) is 8.62. The van der Waals surface area contributed by atoms with E-state index in [9.17, 15) is 0 Å². The predicted octanol–water partition coefficient (Wildman–Crippen LogP) is 4.06. The van der Waals surface area contributed by atoms with Gasteiger partial charge in [-0.05, 0) is 62.9 Å². The standard InChI is InChI=1S/C11H8BrI2N3/c12-8-3-1-2-7(4-8)5-15-9-10(13)16-6-17-11(9)14/h1-4,6,15H,5H2. The van der Waals surface area contributed by atoms with Crippen LogP contribution in [-0.4, -0.2) is 9.97 Å². The highest BCUT2D eigenvalue weighted by atomic mass is 127. The molecule has 88 valence electrons.